The van der Waals surface area contributed by atoms with Crippen molar-refractivity contribution in [3.05, 3.63) is 30.5 Å². The zero-order valence-electron chi connectivity index (χ0n) is 9.23. The van der Waals surface area contributed by atoms with Gasteiger partial charge in [0.1, 0.15) is 5.75 Å². The predicted octanol–water partition coefficient (Wildman–Crippen LogP) is 2.88. The molecule has 5 heteroatoms. The van der Waals surface area contributed by atoms with Crippen molar-refractivity contribution < 1.29 is 4.74 Å². The molecule has 3 rings (SSSR count). The Hall–Kier alpha value is -2.01. The predicted molar refractivity (Wildman–Crippen MR) is 70.4 cm³/mol. The maximum Gasteiger partial charge on any atom is 0.120 e. The van der Waals surface area contributed by atoms with E-state index >= 15 is 0 Å². The fourth-order valence-electron chi connectivity index (χ4n) is 1.75. The Balaban J connectivity index is 2.17. The molecule has 0 atom stereocenters. The number of fused-ring (bicyclic) bond motifs is 1. The first-order chi connectivity index (χ1) is 8.28. The van der Waals surface area contributed by atoms with Crippen molar-refractivity contribution in [3.63, 3.8) is 0 Å². The molecule has 3 aromatic rings. The van der Waals surface area contributed by atoms with Gasteiger partial charge in [0.15, 0.2) is 0 Å². The van der Waals surface area contributed by atoms with Gasteiger partial charge in [-0.3, -0.25) is 5.10 Å². The first-order valence-electron chi connectivity index (χ1n) is 5.15. The number of anilines is 1. The number of aromatic amines is 1. The normalized spacial score (nSPS) is 10.9. The Morgan fingerprint density at radius 1 is 1.35 bits per heavy atom. The van der Waals surface area contributed by atoms with Crippen LogP contribution in [0.25, 0.3) is 20.7 Å². The van der Waals surface area contributed by atoms with Crippen LogP contribution in [0, 0.1) is 0 Å². The second-order valence-electron chi connectivity index (χ2n) is 3.71. The van der Waals surface area contributed by atoms with Gasteiger partial charge in [0, 0.05) is 4.70 Å². The van der Waals surface area contributed by atoms with Crippen molar-refractivity contribution in [1.82, 2.24) is 10.2 Å². The topological polar surface area (TPSA) is 63.9 Å². The van der Waals surface area contributed by atoms with Crippen molar-refractivity contribution in [2.24, 2.45) is 0 Å². The molecule has 3 N–H and O–H groups in total. The van der Waals surface area contributed by atoms with Crippen LogP contribution in [0.5, 0.6) is 5.75 Å². The minimum atomic E-state index is 0.670. The van der Waals surface area contributed by atoms with Crippen molar-refractivity contribution in [2.75, 3.05) is 12.8 Å². The molecule has 0 spiro atoms. The second kappa shape index (κ2) is 3.78. The van der Waals surface area contributed by atoms with E-state index in [1.54, 1.807) is 24.6 Å². The van der Waals surface area contributed by atoms with Gasteiger partial charge in [0.2, 0.25) is 0 Å². The van der Waals surface area contributed by atoms with Gasteiger partial charge in [-0.1, -0.05) is 0 Å². The molecule has 0 saturated carbocycles. The van der Waals surface area contributed by atoms with Gasteiger partial charge in [0.05, 0.1) is 29.6 Å². The Morgan fingerprint density at radius 3 is 2.94 bits per heavy atom. The molecular formula is C12H11N3OS. The summed E-state index contributed by atoms with van der Waals surface area (Å²) in [6.45, 7) is 0. The zero-order valence-corrected chi connectivity index (χ0v) is 10.0. The van der Waals surface area contributed by atoms with E-state index in [2.05, 4.69) is 16.3 Å². The Bertz CT molecular complexity index is 671. The third-order valence-corrected chi connectivity index (χ3v) is 3.76. The molecule has 0 amide bonds. The number of hydrogen-bond acceptors (Lipinski definition) is 4. The Morgan fingerprint density at radius 2 is 2.24 bits per heavy atom. The van der Waals surface area contributed by atoms with Crippen LogP contribution in [0.1, 0.15) is 0 Å². The van der Waals surface area contributed by atoms with E-state index in [1.807, 2.05) is 18.2 Å². The van der Waals surface area contributed by atoms with Crippen molar-refractivity contribution in [1.29, 1.82) is 0 Å². The van der Waals surface area contributed by atoms with E-state index in [-0.39, 0.29) is 0 Å². The number of benzene rings is 1. The van der Waals surface area contributed by atoms with Crippen LogP contribution in [-0.2, 0) is 0 Å². The van der Waals surface area contributed by atoms with Gasteiger partial charge in [-0.25, -0.2) is 0 Å². The van der Waals surface area contributed by atoms with E-state index in [4.69, 9.17) is 10.5 Å². The van der Waals surface area contributed by atoms with E-state index < -0.39 is 0 Å². The number of nitrogens with one attached hydrogen (secondary N) is 1. The summed E-state index contributed by atoms with van der Waals surface area (Å²) in [5.74, 6) is 0.864. The molecule has 0 unspecified atom stereocenters. The van der Waals surface area contributed by atoms with Crippen LogP contribution < -0.4 is 10.5 Å². The average molecular weight is 245 g/mol. The highest BCUT2D eigenvalue weighted by atomic mass is 32.1. The number of methoxy groups -OCH3 is 1. The van der Waals surface area contributed by atoms with Crippen molar-refractivity contribution in [2.45, 2.75) is 0 Å². The third-order valence-electron chi connectivity index (χ3n) is 2.64. The summed E-state index contributed by atoms with van der Waals surface area (Å²) >= 11 is 1.67. The lowest BCUT2D eigenvalue weighted by Gasteiger charge is -1.97. The summed E-state index contributed by atoms with van der Waals surface area (Å²) in [4.78, 5) is 1.09. The average Bonchev–Trinajstić information content (AvgIpc) is 2.93. The molecule has 0 aliphatic heterocycles. The number of nitrogens with two attached hydrogens (primary N) is 1. The number of hydrogen-bond donors (Lipinski definition) is 2. The minimum Gasteiger partial charge on any atom is -0.497 e. The van der Waals surface area contributed by atoms with Crippen LogP contribution in [0.15, 0.2) is 30.5 Å². The molecule has 0 radical (unpaired) electrons. The lowest BCUT2D eigenvalue weighted by Crippen LogP contribution is -1.83. The smallest absolute Gasteiger partial charge is 0.120 e. The van der Waals surface area contributed by atoms with Gasteiger partial charge in [-0.05, 0) is 29.7 Å². The zero-order chi connectivity index (χ0) is 11.8. The summed E-state index contributed by atoms with van der Waals surface area (Å²) in [6, 6.07) is 8.12. The lowest BCUT2D eigenvalue weighted by molar-refractivity contribution is 0.415. The molecule has 0 saturated heterocycles. The first kappa shape index (κ1) is 10.2. The van der Waals surface area contributed by atoms with Gasteiger partial charge in [-0.15, -0.1) is 11.3 Å². The highest BCUT2D eigenvalue weighted by Gasteiger charge is 2.09. The van der Waals surface area contributed by atoms with Crippen molar-refractivity contribution >= 4 is 27.1 Å². The molecule has 0 fully saturated rings. The van der Waals surface area contributed by atoms with Crippen LogP contribution in [0.4, 0.5) is 5.69 Å². The molecule has 4 nitrogen and oxygen atoms in total. The summed E-state index contributed by atoms with van der Waals surface area (Å²) in [6.07, 6.45) is 1.63. The molecular weight excluding hydrogens is 234 g/mol. The van der Waals surface area contributed by atoms with Gasteiger partial charge in [-0.2, -0.15) is 5.10 Å². The molecule has 86 valence electrons. The number of thiophene rings is 1. The molecule has 0 aliphatic rings. The summed E-state index contributed by atoms with van der Waals surface area (Å²) in [5, 5.41) is 8.03. The number of ether oxygens (including phenoxy) is 1. The van der Waals surface area contributed by atoms with Gasteiger partial charge in [0.25, 0.3) is 0 Å². The lowest BCUT2D eigenvalue weighted by atomic mass is 10.2. The van der Waals surface area contributed by atoms with Crippen LogP contribution >= 0.6 is 11.3 Å². The monoisotopic (exact) mass is 245 g/mol. The summed E-state index contributed by atoms with van der Waals surface area (Å²) in [5.41, 5.74) is 7.39. The van der Waals surface area contributed by atoms with Crippen LogP contribution in [0.2, 0.25) is 0 Å². The fourth-order valence-corrected chi connectivity index (χ4v) is 2.86. The Kier molecular flexibility index (Phi) is 2.26. The second-order valence-corrected chi connectivity index (χ2v) is 4.80. The van der Waals surface area contributed by atoms with Crippen LogP contribution in [0.3, 0.4) is 0 Å². The molecule has 2 heterocycles. The van der Waals surface area contributed by atoms with E-state index in [9.17, 15) is 0 Å². The highest BCUT2D eigenvalue weighted by Crippen LogP contribution is 2.36. The van der Waals surface area contributed by atoms with Gasteiger partial charge >= 0.3 is 0 Å². The number of H-pyrrole nitrogens is 1. The SMILES string of the molecule is COc1ccc2cc(-c3[nH]ncc3N)sc2c1. The molecule has 1 aromatic carbocycles. The Labute approximate surface area is 102 Å². The summed E-state index contributed by atoms with van der Waals surface area (Å²) < 4.78 is 6.38. The van der Waals surface area contributed by atoms with E-state index in [0.717, 1.165) is 16.3 Å². The third kappa shape index (κ3) is 1.64. The molecule has 0 bridgehead atoms. The number of aromatic nitrogens is 2. The number of nitrogen functional groups attached to an aromatic ring is 1. The first-order valence-corrected chi connectivity index (χ1v) is 5.96. The highest BCUT2D eigenvalue weighted by molar-refractivity contribution is 7.22. The number of rotatable bonds is 2. The van der Waals surface area contributed by atoms with E-state index in [0.29, 0.717) is 5.69 Å². The van der Waals surface area contributed by atoms with Gasteiger partial charge < -0.3 is 10.5 Å². The molecule has 0 aliphatic carbocycles. The van der Waals surface area contributed by atoms with E-state index in [1.165, 1.54) is 10.1 Å². The molecule has 2 aromatic heterocycles. The maximum atomic E-state index is 5.84. The van der Waals surface area contributed by atoms with Crippen molar-refractivity contribution in [3.8, 4) is 16.3 Å². The summed E-state index contributed by atoms with van der Waals surface area (Å²) in [7, 11) is 1.67. The quantitative estimate of drug-likeness (QED) is 0.729. The standard InChI is InChI=1S/C12H11N3OS/c1-16-8-3-2-7-4-11(17-10(7)5-8)12-9(13)6-14-15-12/h2-6H,13H2,1H3,(H,14,15). The molecule has 17 heavy (non-hydrogen) atoms. The number of nitrogens with zero attached hydrogens (tertiary/aromatic N) is 1. The van der Waals surface area contributed by atoms with Crippen LogP contribution in [-0.4, -0.2) is 17.3 Å². The fraction of sp³-hybridized carbons (Fsp3) is 0.0833. The minimum absolute atomic E-state index is 0.670. The maximum absolute atomic E-state index is 5.84. The largest absolute Gasteiger partial charge is 0.497 e.